The summed E-state index contributed by atoms with van der Waals surface area (Å²) in [5.41, 5.74) is 2.59. The molecule has 0 radical (unpaired) electrons. The number of benzene rings is 1. The highest BCUT2D eigenvalue weighted by atomic mass is 32.1. The lowest BCUT2D eigenvalue weighted by Crippen LogP contribution is -2.29. The Kier molecular flexibility index (Phi) is 8.75. The SMILES string of the molecule is CCCc1ccc(C(NC(=O)c2cn(CC(OCC)OCC)nn2)c2cccs2)cc1. The van der Waals surface area contributed by atoms with E-state index in [-0.39, 0.29) is 17.6 Å². The number of nitrogens with zero attached hydrogens (tertiary/aromatic N) is 3. The van der Waals surface area contributed by atoms with Crippen LogP contribution in [0.4, 0.5) is 0 Å². The Morgan fingerprint density at radius 3 is 2.48 bits per heavy atom. The van der Waals surface area contributed by atoms with Gasteiger partial charge in [0.2, 0.25) is 0 Å². The molecule has 1 atom stereocenters. The van der Waals surface area contributed by atoms with Crippen LogP contribution in [-0.4, -0.2) is 40.4 Å². The molecule has 1 N–H and O–H groups in total. The van der Waals surface area contributed by atoms with Crippen LogP contribution < -0.4 is 5.32 Å². The van der Waals surface area contributed by atoms with Gasteiger partial charge in [-0.15, -0.1) is 16.4 Å². The number of hydrogen-bond acceptors (Lipinski definition) is 6. The summed E-state index contributed by atoms with van der Waals surface area (Å²) < 4.78 is 12.7. The Bertz CT molecular complexity index is 919. The molecule has 0 aliphatic carbocycles. The van der Waals surface area contributed by atoms with Crippen molar-refractivity contribution in [1.82, 2.24) is 20.3 Å². The maximum atomic E-state index is 13.0. The molecule has 0 bridgehead atoms. The number of thiophene rings is 1. The Morgan fingerprint density at radius 1 is 1.13 bits per heavy atom. The van der Waals surface area contributed by atoms with E-state index >= 15 is 0 Å². The van der Waals surface area contributed by atoms with Crippen molar-refractivity contribution in [2.24, 2.45) is 0 Å². The number of aromatic nitrogens is 3. The first-order chi connectivity index (χ1) is 15.1. The average Bonchev–Trinajstić information content (AvgIpc) is 3.46. The van der Waals surface area contributed by atoms with Gasteiger partial charge < -0.3 is 14.8 Å². The molecule has 0 spiro atoms. The van der Waals surface area contributed by atoms with Crippen molar-refractivity contribution < 1.29 is 14.3 Å². The van der Waals surface area contributed by atoms with Crippen LogP contribution in [0.3, 0.4) is 0 Å². The zero-order valence-corrected chi connectivity index (χ0v) is 19.1. The van der Waals surface area contributed by atoms with Crippen molar-refractivity contribution in [3.63, 3.8) is 0 Å². The standard InChI is InChI=1S/C23H30N4O3S/c1-4-8-17-10-12-18(13-11-17)22(20-9-7-14-31-20)24-23(28)19-15-27(26-25-19)16-21(29-5-2)30-6-3/h7,9-15,21-22H,4-6,8,16H2,1-3H3,(H,24,28). The van der Waals surface area contributed by atoms with Crippen molar-refractivity contribution in [2.75, 3.05) is 13.2 Å². The monoisotopic (exact) mass is 442 g/mol. The van der Waals surface area contributed by atoms with Crippen LogP contribution in [0.2, 0.25) is 0 Å². The Hall–Kier alpha value is -2.55. The largest absolute Gasteiger partial charge is 0.351 e. The summed E-state index contributed by atoms with van der Waals surface area (Å²) in [5, 5.41) is 13.2. The van der Waals surface area contributed by atoms with Crippen molar-refractivity contribution in [1.29, 1.82) is 0 Å². The van der Waals surface area contributed by atoms with Gasteiger partial charge in [0.25, 0.3) is 5.91 Å². The summed E-state index contributed by atoms with van der Waals surface area (Å²) >= 11 is 1.61. The molecular formula is C23H30N4O3S. The second-order valence-electron chi connectivity index (χ2n) is 7.08. The molecule has 0 aliphatic rings. The molecule has 1 unspecified atom stereocenters. The topological polar surface area (TPSA) is 78.3 Å². The second-order valence-corrected chi connectivity index (χ2v) is 8.06. The summed E-state index contributed by atoms with van der Waals surface area (Å²) in [6.07, 6.45) is 3.35. The first-order valence-electron chi connectivity index (χ1n) is 10.7. The minimum atomic E-state index is -0.423. The number of carbonyl (C=O) groups excluding carboxylic acids is 1. The molecule has 1 aromatic carbocycles. The summed E-state index contributed by atoms with van der Waals surface area (Å²) in [6, 6.07) is 12.2. The van der Waals surface area contributed by atoms with E-state index < -0.39 is 6.29 Å². The molecule has 7 nitrogen and oxygen atoms in total. The molecule has 0 saturated carbocycles. The van der Waals surface area contributed by atoms with Crippen molar-refractivity contribution in [2.45, 2.75) is 52.5 Å². The molecule has 31 heavy (non-hydrogen) atoms. The summed E-state index contributed by atoms with van der Waals surface area (Å²) in [7, 11) is 0. The van der Waals surface area contributed by atoms with Crippen LogP contribution in [0.5, 0.6) is 0 Å². The first-order valence-corrected chi connectivity index (χ1v) is 11.6. The molecule has 3 rings (SSSR count). The summed E-state index contributed by atoms with van der Waals surface area (Å²) in [5.74, 6) is -0.272. The fourth-order valence-electron chi connectivity index (χ4n) is 3.31. The molecule has 2 aromatic heterocycles. The van der Waals surface area contributed by atoms with E-state index in [2.05, 4.69) is 46.8 Å². The Balaban J connectivity index is 1.73. The number of rotatable bonds is 12. The molecule has 0 aliphatic heterocycles. The molecule has 3 aromatic rings. The highest BCUT2D eigenvalue weighted by molar-refractivity contribution is 7.10. The lowest BCUT2D eigenvalue weighted by atomic mass is 10.0. The fourth-order valence-corrected chi connectivity index (χ4v) is 4.12. The number of hydrogen-bond donors (Lipinski definition) is 1. The third-order valence-electron chi connectivity index (χ3n) is 4.77. The number of aryl methyl sites for hydroxylation is 1. The smallest absolute Gasteiger partial charge is 0.274 e. The number of ether oxygens (including phenoxy) is 2. The van der Waals surface area contributed by atoms with Crippen LogP contribution in [0.1, 0.15) is 59.7 Å². The van der Waals surface area contributed by atoms with Crippen LogP contribution in [0.15, 0.2) is 48.0 Å². The van der Waals surface area contributed by atoms with Gasteiger partial charge in [-0.25, -0.2) is 4.68 Å². The summed E-state index contributed by atoms with van der Waals surface area (Å²) in [6.45, 7) is 7.42. The van der Waals surface area contributed by atoms with E-state index in [9.17, 15) is 4.79 Å². The molecule has 1 amide bonds. The first kappa shape index (κ1) is 23.1. The molecule has 2 heterocycles. The van der Waals surface area contributed by atoms with E-state index in [1.165, 1.54) is 5.56 Å². The van der Waals surface area contributed by atoms with Crippen LogP contribution in [0, 0.1) is 0 Å². The maximum absolute atomic E-state index is 13.0. The van der Waals surface area contributed by atoms with E-state index in [0.717, 1.165) is 23.3 Å². The van der Waals surface area contributed by atoms with Gasteiger partial charge in [0, 0.05) is 18.1 Å². The van der Waals surface area contributed by atoms with Crippen molar-refractivity contribution in [3.05, 3.63) is 69.7 Å². The van der Waals surface area contributed by atoms with Gasteiger partial charge in [0.05, 0.1) is 18.8 Å². The highest BCUT2D eigenvalue weighted by Gasteiger charge is 2.21. The van der Waals surface area contributed by atoms with E-state index in [0.29, 0.717) is 19.8 Å². The van der Waals surface area contributed by atoms with E-state index in [1.54, 1.807) is 22.2 Å². The van der Waals surface area contributed by atoms with Gasteiger partial charge >= 0.3 is 0 Å². The van der Waals surface area contributed by atoms with Gasteiger partial charge in [-0.3, -0.25) is 4.79 Å². The number of nitrogens with one attached hydrogen (secondary N) is 1. The Morgan fingerprint density at radius 2 is 1.87 bits per heavy atom. The molecule has 0 fully saturated rings. The van der Waals surface area contributed by atoms with Gasteiger partial charge in [0.1, 0.15) is 0 Å². The van der Waals surface area contributed by atoms with Crippen LogP contribution in [0.25, 0.3) is 0 Å². The highest BCUT2D eigenvalue weighted by Crippen LogP contribution is 2.27. The van der Waals surface area contributed by atoms with Crippen LogP contribution >= 0.6 is 11.3 Å². The molecule has 8 heteroatoms. The number of amides is 1. The predicted molar refractivity (Wildman–Crippen MR) is 121 cm³/mol. The molecule has 166 valence electrons. The minimum absolute atomic E-state index is 0.243. The van der Waals surface area contributed by atoms with E-state index in [4.69, 9.17) is 9.47 Å². The van der Waals surface area contributed by atoms with Crippen molar-refractivity contribution >= 4 is 17.2 Å². The fraction of sp³-hybridized carbons (Fsp3) is 0.435. The lowest BCUT2D eigenvalue weighted by Gasteiger charge is -2.18. The normalized spacial score (nSPS) is 12.3. The molecular weight excluding hydrogens is 412 g/mol. The zero-order chi connectivity index (χ0) is 22.1. The van der Waals surface area contributed by atoms with Crippen LogP contribution in [-0.2, 0) is 22.4 Å². The summed E-state index contributed by atoms with van der Waals surface area (Å²) in [4.78, 5) is 14.0. The second kappa shape index (κ2) is 11.7. The van der Waals surface area contributed by atoms with Gasteiger partial charge in [-0.05, 0) is 42.8 Å². The Labute approximate surface area is 187 Å². The van der Waals surface area contributed by atoms with Gasteiger partial charge in [-0.2, -0.15) is 0 Å². The van der Waals surface area contributed by atoms with Gasteiger partial charge in [-0.1, -0.05) is 48.9 Å². The number of carbonyl (C=O) groups is 1. The quantitative estimate of drug-likeness (QED) is 0.425. The van der Waals surface area contributed by atoms with Gasteiger partial charge in [0.15, 0.2) is 12.0 Å². The lowest BCUT2D eigenvalue weighted by molar-refractivity contribution is -0.145. The molecule has 0 saturated heterocycles. The zero-order valence-electron chi connectivity index (χ0n) is 18.3. The minimum Gasteiger partial charge on any atom is -0.351 e. The van der Waals surface area contributed by atoms with Crippen molar-refractivity contribution in [3.8, 4) is 0 Å². The maximum Gasteiger partial charge on any atom is 0.274 e. The third kappa shape index (κ3) is 6.46. The predicted octanol–water partition coefficient (Wildman–Crippen LogP) is 4.21. The average molecular weight is 443 g/mol. The third-order valence-corrected chi connectivity index (χ3v) is 5.70. The van der Waals surface area contributed by atoms with E-state index in [1.807, 2.05) is 31.4 Å².